The molecule has 8 heteroatoms. The quantitative estimate of drug-likeness (QED) is 0.780. The standard InChI is InChI=1S/C19H23N5O3/c25-17(4-3-14-2-1-5-20-6-14)24-9-15-8-23(10-16-7-21-13-22-16)11-19(15,12-24)18(26)27/h1-2,5-7,13,15H,3-4,8-12H2,(H,21,22)(H,26,27)/t15-,19-/m1/s1. The Balaban J connectivity index is 1.39. The third-order valence-corrected chi connectivity index (χ3v) is 5.76. The number of hydrogen-bond acceptors (Lipinski definition) is 5. The Kier molecular flexibility index (Phi) is 4.65. The number of rotatable bonds is 6. The van der Waals surface area contributed by atoms with Crippen LogP contribution in [0.2, 0.25) is 0 Å². The van der Waals surface area contributed by atoms with Crippen molar-refractivity contribution in [3.63, 3.8) is 0 Å². The van der Waals surface area contributed by atoms with Crippen molar-refractivity contribution in [1.29, 1.82) is 0 Å². The Hall–Kier alpha value is -2.74. The molecule has 142 valence electrons. The van der Waals surface area contributed by atoms with Crippen molar-refractivity contribution in [1.82, 2.24) is 24.8 Å². The molecule has 1 amide bonds. The fourth-order valence-corrected chi connectivity index (χ4v) is 4.35. The van der Waals surface area contributed by atoms with Gasteiger partial charge < -0.3 is 15.0 Å². The van der Waals surface area contributed by atoms with Crippen molar-refractivity contribution >= 4 is 11.9 Å². The Morgan fingerprint density at radius 3 is 2.81 bits per heavy atom. The number of pyridine rings is 1. The van der Waals surface area contributed by atoms with Crippen molar-refractivity contribution in [3.8, 4) is 0 Å². The van der Waals surface area contributed by atoms with E-state index in [1.807, 2.05) is 12.1 Å². The summed E-state index contributed by atoms with van der Waals surface area (Å²) in [5, 5.41) is 9.93. The summed E-state index contributed by atoms with van der Waals surface area (Å²) in [7, 11) is 0. The number of nitrogens with zero attached hydrogens (tertiary/aromatic N) is 4. The van der Waals surface area contributed by atoms with Gasteiger partial charge in [-0.05, 0) is 18.1 Å². The van der Waals surface area contributed by atoms with Crippen LogP contribution < -0.4 is 0 Å². The summed E-state index contributed by atoms with van der Waals surface area (Å²) in [4.78, 5) is 39.8. The molecule has 2 saturated heterocycles. The molecule has 2 atom stereocenters. The average Bonchev–Trinajstić information content (AvgIpc) is 3.36. The number of amides is 1. The van der Waals surface area contributed by atoms with Gasteiger partial charge in [0, 0.05) is 69.3 Å². The third-order valence-electron chi connectivity index (χ3n) is 5.76. The summed E-state index contributed by atoms with van der Waals surface area (Å²) in [6.07, 6.45) is 7.86. The summed E-state index contributed by atoms with van der Waals surface area (Å²) < 4.78 is 0. The number of nitrogens with one attached hydrogen (secondary N) is 1. The van der Waals surface area contributed by atoms with Gasteiger partial charge in [-0.1, -0.05) is 6.07 Å². The van der Waals surface area contributed by atoms with Gasteiger partial charge in [0.05, 0.1) is 6.33 Å². The molecule has 8 nitrogen and oxygen atoms in total. The number of hydrogen-bond donors (Lipinski definition) is 2. The number of carboxylic acids is 1. The van der Waals surface area contributed by atoms with Crippen LogP contribution in [0.1, 0.15) is 17.7 Å². The molecule has 4 heterocycles. The predicted octanol–water partition coefficient (Wildman–Crippen LogP) is 0.782. The van der Waals surface area contributed by atoms with Crippen LogP contribution in [0.25, 0.3) is 0 Å². The van der Waals surface area contributed by atoms with Crippen molar-refractivity contribution < 1.29 is 14.7 Å². The molecule has 0 unspecified atom stereocenters. The predicted molar refractivity (Wildman–Crippen MR) is 96.6 cm³/mol. The number of carboxylic acid groups (broad SMARTS) is 1. The normalized spacial score (nSPS) is 24.9. The summed E-state index contributed by atoms with van der Waals surface area (Å²) in [6, 6.07) is 3.80. The lowest BCUT2D eigenvalue weighted by molar-refractivity contribution is -0.149. The van der Waals surface area contributed by atoms with Crippen molar-refractivity contribution in [2.24, 2.45) is 11.3 Å². The minimum atomic E-state index is -0.871. The molecule has 0 radical (unpaired) electrons. The summed E-state index contributed by atoms with van der Waals surface area (Å²) >= 11 is 0. The van der Waals surface area contributed by atoms with Gasteiger partial charge in [-0.2, -0.15) is 0 Å². The van der Waals surface area contributed by atoms with E-state index in [9.17, 15) is 14.7 Å². The highest BCUT2D eigenvalue weighted by Crippen LogP contribution is 2.43. The topological polar surface area (TPSA) is 102 Å². The van der Waals surface area contributed by atoms with Crippen molar-refractivity contribution in [2.45, 2.75) is 19.4 Å². The maximum Gasteiger partial charge on any atom is 0.313 e. The SMILES string of the molecule is O=C(CCc1cccnc1)N1C[C@H]2CN(Cc3cnc[nH]3)C[C@@]2(C(=O)O)C1. The molecule has 0 saturated carbocycles. The van der Waals surface area contributed by atoms with Crippen LogP contribution in [0.4, 0.5) is 0 Å². The average molecular weight is 369 g/mol. The Bertz CT molecular complexity index is 810. The number of aliphatic carboxylic acids is 1. The highest BCUT2D eigenvalue weighted by molar-refractivity contribution is 5.81. The molecule has 0 aliphatic carbocycles. The number of carbonyl (C=O) groups is 2. The molecule has 4 rings (SSSR count). The van der Waals surface area contributed by atoms with Crippen LogP contribution in [-0.2, 0) is 22.6 Å². The van der Waals surface area contributed by atoms with Gasteiger partial charge in [-0.15, -0.1) is 0 Å². The van der Waals surface area contributed by atoms with E-state index in [0.29, 0.717) is 45.6 Å². The van der Waals surface area contributed by atoms with Gasteiger partial charge in [-0.3, -0.25) is 19.5 Å². The molecule has 0 spiro atoms. The van der Waals surface area contributed by atoms with E-state index in [1.165, 1.54) is 0 Å². The number of likely N-dealkylation sites (tertiary alicyclic amines) is 2. The van der Waals surface area contributed by atoms with Crippen LogP contribution in [0.3, 0.4) is 0 Å². The molecule has 2 aromatic heterocycles. The number of fused-ring (bicyclic) bond motifs is 1. The van der Waals surface area contributed by atoms with Crippen molar-refractivity contribution in [2.75, 3.05) is 26.2 Å². The lowest BCUT2D eigenvalue weighted by Crippen LogP contribution is -2.42. The van der Waals surface area contributed by atoms with E-state index >= 15 is 0 Å². The molecule has 0 aromatic carbocycles. The molecular formula is C19H23N5O3. The zero-order valence-electron chi connectivity index (χ0n) is 15.0. The monoisotopic (exact) mass is 369 g/mol. The first kappa shape index (κ1) is 17.7. The number of imidazole rings is 1. The fourth-order valence-electron chi connectivity index (χ4n) is 4.35. The van der Waals surface area contributed by atoms with Gasteiger partial charge in [0.25, 0.3) is 0 Å². The van der Waals surface area contributed by atoms with E-state index in [1.54, 1.807) is 29.8 Å². The van der Waals surface area contributed by atoms with E-state index in [2.05, 4.69) is 19.9 Å². The second-order valence-electron chi connectivity index (χ2n) is 7.54. The molecule has 2 N–H and O–H groups in total. The van der Waals surface area contributed by atoms with E-state index in [0.717, 1.165) is 11.3 Å². The summed E-state index contributed by atoms with van der Waals surface area (Å²) in [5.41, 5.74) is 1.12. The minimum absolute atomic E-state index is 0.0222. The first-order chi connectivity index (χ1) is 13.1. The third kappa shape index (κ3) is 3.44. The molecule has 2 aromatic rings. The Labute approximate surface area is 157 Å². The fraction of sp³-hybridized carbons (Fsp3) is 0.474. The lowest BCUT2D eigenvalue weighted by Gasteiger charge is -2.25. The molecule has 2 aliphatic rings. The van der Waals surface area contributed by atoms with Gasteiger partial charge >= 0.3 is 5.97 Å². The van der Waals surface area contributed by atoms with Crippen LogP contribution in [0.5, 0.6) is 0 Å². The van der Waals surface area contributed by atoms with Gasteiger partial charge in [0.2, 0.25) is 5.91 Å². The summed E-state index contributed by atoms with van der Waals surface area (Å²) in [5.74, 6) is -0.823. The van der Waals surface area contributed by atoms with E-state index < -0.39 is 11.4 Å². The lowest BCUT2D eigenvalue weighted by atomic mass is 9.81. The number of H-pyrrole nitrogens is 1. The maximum absolute atomic E-state index is 12.6. The van der Waals surface area contributed by atoms with E-state index in [4.69, 9.17) is 0 Å². The summed E-state index contributed by atoms with van der Waals surface area (Å²) in [6.45, 7) is 2.59. The Morgan fingerprint density at radius 1 is 1.26 bits per heavy atom. The molecule has 27 heavy (non-hydrogen) atoms. The van der Waals surface area contributed by atoms with E-state index in [-0.39, 0.29) is 11.8 Å². The van der Waals surface area contributed by atoms with Gasteiger partial charge in [0.1, 0.15) is 5.41 Å². The second kappa shape index (κ2) is 7.11. The second-order valence-corrected chi connectivity index (χ2v) is 7.54. The smallest absolute Gasteiger partial charge is 0.313 e. The number of carbonyl (C=O) groups excluding carboxylic acids is 1. The maximum atomic E-state index is 12.6. The van der Waals surface area contributed by atoms with Crippen molar-refractivity contribution in [3.05, 3.63) is 48.3 Å². The van der Waals surface area contributed by atoms with Crippen LogP contribution >= 0.6 is 0 Å². The molecule has 0 bridgehead atoms. The molecule has 2 fully saturated rings. The first-order valence-electron chi connectivity index (χ1n) is 9.16. The van der Waals surface area contributed by atoms with Gasteiger partial charge in [0.15, 0.2) is 0 Å². The molecular weight excluding hydrogens is 346 g/mol. The minimum Gasteiger partial charge on any atom is -0.481 e. The van der Waals surface area contributed by atoms with Crippen LogP contribution in [-0.4, -0.2) is 67.9 Å². The first-order valence-corrected chi connectivity index (χ1v) is 9.16. The van der Waals surface area contributed by atoms with Gasteiger partial charge in [-0.25, -0.2) is 4.98 Å². The number of aromatic nitrogens is 3. The van der Waals surface area contributed by atoms with Crippen LogP contribution in [0, 0.1) is 11.3 Å². The largest absolute Gasteiger partial charge is 0.481 e. The zero-order valence-corrected chi connectivity index (χ0v) is 15.0. The zero-order chi connectivity index (χ0) is 18.9. The highest BCUT2D eigenvalue weighted by atomic mass is 16.4. The number of aromatic amines is 1. The van der Waals surface area contributed by atoms with Crippen LogP contribution in [0.15, 0.2) is 37.1 Å². The highest BCUT2D eigenvalue weighted by Gasteiger charge is 2.58. The Morgan fingerprint density at radius 2 is 2.15 bits per heavy atom. The number of aryl methyl sites for hydroxylation is 1. The molecule has 2 aliphatic heterocycles.